The lowest BCUT2D eigenvalue weighted by molar-refractivity contribution is -0.173. The predicted octanol–water partition coefficient (Wildman–Crippen LogP) is 3.85. The van der Waals surface area contributed by atoms with E-state index in [1.165, 1.54) is 6.20 Å². The third-order valence-corrected chi connectivity index (χ3v) is 3.62. The van der Waals surface area contributed by atoms with Crippen LogP contribution < -0.4 is 5.32 Å². The van der Waals surface area contributed by atoms with Gasteiger partial charge >= 0.3 is 6.18 Å². The van der Waals surface area contributed by atoms with Crippen LogP contribution in [-0.2, 0) is 0 Å². The Balaban J connectivity index is 2.02. The standard InChI is InChI=1S/C14H14F3N3/c1-9-8-18-20-12(14(15,16)17)7-11(19-13(9)20)10-5-3-2-4-6-10/h2-6,8,11-12,19H,7H2,1H3. The van der Waals surface area contributed by atoms with Crippen LogP contribution >= 0.6 is 0 Å². The molecule has 3 nitrogen and oxygen atoms in total. The van der Waals surface area contributed by atoms with E-state index in [9.17, 15) is 13.2 Å². The topological polar surface area (TPSA) is 29.9 Å². The third-order valence-electron chi connectivity index (χ3n) is 3.62. The Morgan fingerprint density at radius 2 is 1.95 bits per heavy atom. The second kappa shape index (κ2) is 4.54. The minimum Gasteiger partial charge on any atom is -0.363 e. The highest BCUT2D eigenvalue weighted by Gasteiger charge is 2.46. The molecule has 0 saturated heterocycles. The molecule has 0 saturated carbocycles. The van der Waals surface area contributed by atoms with Crippen molar-refractivity contribution in [3.05, 3.63) is 47.7 Å². The van der Waals surface area contributed by atoms with Gasteiger partial charge in [-0.3, -0.25) is 0 Å². The second-order valence-corrected chi connectivity index (χ2v) is 5.02. The molecule has 0 spiro atoms. The van der Waals surface area contributed by atoms with Gasteiger partial charge in [0, 0.05) is 12.0 Å². The lowest BCUT2D eigenvalue weighted by atomic mass is 9.97. The van der Waals surface area contributed by atoms with Gasteiger partial charge in [-0.25, -0.2) is 4.68 Å². The number of benzene rings is 1. The van der Waals surface area contributed by atoms with Crippen molar-refractivity contribution in [1.82, 2.24) is 9.78 Å². The fraction of sp³-hybridized carbons (Fsp3) is 0.357. The maximum Gasteiger partial charge on any atom is 0.410 e. The molecule has 1 N–H and O–H groups in total. The molecule has 2 unspecified atom stereocenters. The maximum absolute atomic E-state index is 13.2. The molecule has 2 heterocycles. The summed E-state index contributed by atoms with van der Waals surface area (Å²) in [6.45, 7) is 1.76. The van der Waals surface area contributed by atoms with E-state index >= 15 is 0 Å². The first kappa shape index (κ1) is 13.0. The molecule has 1 aliphatic rings. The molecular formula is C14H14F3N3. The lowest BCUT2D eigenvalue weighted by Crippen LogP contribution is -2.35. The van der Waals surface area contributed by atoms with E-state index in [0.717, 1.165) is 15.8 Å². The zero-order valence-corrected chi connectivity index (χ0v) is 10.9. The van der Waals surface area contributed by atoms with E-state index in [-0.39, 0.29) is 12.5 Å². The summed E-state index contributed by atoms with van der Waals surface area (Å²) in [5, 5.41) is 7.03. The second-order valence-electron chi connectivity index (χ2n) is 5.02. The Bertz CT molecular complexity index is 604. The first-order valence-corrected chi connectivity index (χ1v) is 6.39. The highest BCUT2D eigenvalue weighted by atomic mass is 19.4. The molecule has 0 aliphatic carbocycles. The van der Waals surface area contributed by atoms with E-state index in [2.05, 4.69) is 10.4 Å². The molecule has 0 fully saturated rings. The van der Waals surface area contributed by atoms with Crippen molar-refractivity contribution in [3.8, 4) is 0 Å². The summed E-state index contributed by atoms with van der Waals surface area (Å²) < 4.78 is 40.7. The lowest BCUT2D eigenvalue weighted by Gasteiger charge is -2.34. The van der Waals surface area contributed by atoms with Crippen molar-refractivity contribution >= 4 is 5.82 Å². The summed E-state index contributed by atoms with van der Waals surface area (Å²) in [5.74, 6) is 0.451. The number of halogens is 3. The Morgan fingerprint density at radius 1 is 1.25 bits per heavy atom. The summed E-state index contributed by atoms with van der Waals surface area (Å²) in [4.78, 5) is 0. The fourth-order valence-corrected chi connectivity index (χ4v) is 2.59. The number of hydrogen-bond acceptors (Lipinski definition) is 2. The van der Waals surface area contributed by atoms with E-state index in [1.807, 2.05) is 30.3 Å². The van der Waals surface area contributed by atoms with Gasteiger partial charge in [-0.2, -0.15) is 18.3 Å². The molecule has 1 aromatic heterocycles. The van der Waals surface area contributed by atoms with Crippen molar-refractivity contribution in [3.63, 3.8) is 0 Å². The first-order chi connectivity index (χ1) is 9.47. The minimum absolute atomic E-state index is 0.0539. The van der Waals surface area contributed by atoms with Gasteiger partial charge in [0.05, 0.1) is 12.2 Å². The largest absolute Gasteiger partial charge is 0.410 e. The Labute approximate surface area is 114 Å². The molecule has 2 atom stereocenters. The number of aromatic nitrogens is 2. The van der Waals surface area contributed by atoms with Crippen LogP contribution in [0.5, 0.6) is 0 Å². The summed E-state index contributed by atoms with van der Waals surface area (Å²) in [6, 6.07) is 7.25. The Hall–Kier alpha value is -1.98. The number of alkyl halides is 3. The van der Waals surface area contributed by atoms with Gasteiger partial charge in [0.25, 0.3) is 0 Å². The molecule has 1 aromatic carbocycles. The number of anilines is 1. The quantitative estimate of drug-likeness (QED) is 0.860. The van der Waals surface area contributed by atoms with Crippen molar-refractivity contribution < 1.29 is 13.2 Å². The van der Waals surface area contributed by atoms with Crippen LogP contribution in [0.15, 0.2) is 36.5 Å². The number of rotatable bonds is 1. The van der Waals surface area contributed by atoms with Crippen LogP contribution in [-0.4, -0.2) is 16.0 Å². The van der Waals surface area contributed by atoms with Crippen LogP contribution in [0.2, 0.25) is 0 Å². The summed E-state index contributed by atoms with van der Waals surface area (Å²) in [6.07, 6.45) is -2.89. The first-order valence-electron chi connectivity index (χ1n) is 6.39. The van der Waals surface area contributed by atoms with E-state index in [0.29, 0.717) is 5.82 Å². The average molecular weight is 281 g/mol. The number of nitrogens with one attached hydrogen (secondary N) is 1. The van der Waals surface area contributed by atoms with Crippen molar-refractivity contribution in [2.24, 2.45) is 0 Å². The molecule has 106 valence electrons. The predicted molar refractivity (Wildman–Crippen MR) is 69.5 cm³/mol. The molecular weight excluding hydrogens is 267 g/mol. The molecule has 6 heteroatoms. The van der Waals surface area contributed by atoms with Gasteiger partial charge in [-0.15, -0.1) is 0 Å². The number of fused-ring (bicyclic) bond motifs is 1. The van der Waals surface area contributed by atoms with Gasteiger partial charge in [-0.1, -0.05) is 30.3 Å². The summed E-state index contributed by atoms with van der Waals surface area (Å²) in [7, 11) is 0. The summed E-state index contributed by atoms with van der Waals surface area (Å²) >= 11 is 0. The normalized spacial score (nSPS) is 22.2. The minimum atomic E-state index is -4.30. The number of aryl methyl sites for hydroxylation is 1. The molecule has 3 rings (SSSR count). The highest BCUT2D eigenvalue weighted by molar-refractivity contribution is 5.48. The van der Waals surface area contributed by atoms with Gasteiger partial charge in [0.15, 0.2) is 6.04 Å². The van der Waals surface area contributed by atoms with Crippen LogP contribution in [0.1, 0.15) is 29.6 Å². The average Bonchev–Trinajstić information content (AvgIpc) is 2.79. The molecule has 1 aliphatic heterocycles. The van der Waals surface area contributed by atoms with Gasteiger partial charge in [0.1, 0.15) is 5.82 Å². The highest BCUT2D eigenvalue weighted by Crippen LogP contribution is 2.43. The third kappa shape index (κ3) is 2.15. The molecule has 20 heavy (non-hydrogen) atoms. The van der Waals surface area contributed by atoms with E-state index < -0.39 is 12.2 Å². The van der Waals surface area contributed by atoms with E-state index in [1.54, 1.807) is 6.92 Å². The van der Waals surface area contributed by atoms with Crippen LogP contribution in [0.4, 0.5) is 19.0 Å². The Kier molecular flexibility index (Phi) is 2.96. The smallest absolute Gasteiger partial charge is 0.363 e. The Morgan fingerprint density at radius 3 is 2.60 bits per heavy atom. The number of hydrogen-bond donors (Lipinski definition) is 1. The van der Waals surface area contributed by atoms with Crippen molar-refractivity contribution in [2.45, 2.75) is 31.6 Å². The molecule has 0 bridgehead atoms. The molecule has 0 radical (unpaired) electrons. The van der Waals surface area contributed by atoms with Crippen molar-refractivity contribution in [1.29, 1.82) is 0 Å². The fourth-order valence-electron chi connectivity index (χ4n) is 2.59. The van der Waals surface area contributed by atoms with Crippen LogP contribution in [0.25, 0.3) is 0 Å². The van der Waals surface area contributed by atoms with Gasteiger partial charge in [-0.05, 0) is 12.5 Å². The van der Waals surface area contributed by atoms with E-state index in [4.69, 9.17) is 0 Å². The number of nitrogens with zero attached hydrogens (tertiary/aromatic N) is 2. The van der Waals surface area contributed by atoms with Crippen LogP contribution in [0, 0.1) is 6.92 Å². The van der Waals surface area contributed by atoms with Gasteiger partial charge in [0.2, 0.25) is 0 Å². The van der Waals surface area contributed by atoms with Crippen molar-refractivity contribution in [2.75, 3.05) is 5.32 Å². The summed E-state index contributed by atoms with van der Waals surface area (Å²) in [5.41, 5.74) is 1.58. The zero-order valence-electron chi connectivity index (χ0n) is 10.9. The maximum atomic E-state index is 13.2. The van der Waals surface area contributed by atoms with Crippen LogP contribution in [0.3, 0.4) is 0 Å². The zero-order chi connectivity index (χ0) is 14.3. The molecule has 0 amide bonds. The monoisotopic (exact) mass is 281 g/mol. The SMILES string of the molecule is Cc1cnn2c1NC(c1ccccc1)CC2C(F)(F)F. The van der Waals surface area contributed by atoms with Gasteiger partial charge < -0.3 is 5.32 Å². The molecule has 2 aromatic rings.